The van der Waals surface area contributed by atoms with E-state index in [1.165, 1.54) is 0 Å². The normalized spacial score (nSPS) is 20.0. The molecule has 0 spiro atoms. The van der Waals surface area contributed by atoms with Gasteiger partial charge in [0, 0.05) is 25.1 Å². The van der Waals surface area contributed by atoms with Crippen LogP contribution >= 0.6 is 0 Å². The first-order valence-corrected chi connectivity index (χ1v) is 10.3. The molecule has 2 heterocycles. The zero-order chi connectivity index (χ0) is 18.8. The summed E-state index contributed by atoms with van der Waals surface area (Å²) in [6, 6.07) is -0.294. The molecule has 0 aliphatic carbocycles. The summed E-state index contributed by atoms with van der Waals surface area (Å²) < 4.78 is 34.4. The van der Waals surface area contributed by atoms with Crippen LogP contribution in [0.25, 0.3) is 0 Å². The Kier molecular flexibility index (Phi) is 5.93. The van der Waals surface area contributed by atoms with Crippen LogP contribution in [0.15, 0.2) is 4.42 Å². The highest BCUT2D eigenvalue weighted by Crippen LogP contribution is 2.25. The van der Waals surface area contributed by atoms with E-state index in [-0.39, 0.29) is 35.3 Å². The van der Waals surface area contributed by atoms with Gasteiger partial charge in [-0.1, -0.05) is 20.8 Å². The van der Waals surface area contributed by atoms with Crippen LogP contribution in [0.3, 0.4) is 0 Å². The van der Waals surface area contributed by atoms with Gasteiger partial charge in [0.2, 0.25) is 5.91 Å². The molecule has 1 aliphatic heterocycles. The number of nitrogens with zero attached hydrogens (tertiary/aromatic N) is 2. The van der Waals surface area contributed by atoms with Crippen LogP contribution in [-0.2, 0) is 31.2 Å². The monoisotopic (exact) mass is 372 g/mol. The van der Waals surface area contributed by atoms with E-state index >= 15 is 0 Å². The highest BCUT2D eigenvalue weighted by molar-refractivity contribution is 7.91. The maximum absolute atomic E-state index is 12.8. The summed E-state index contributed by atoms with van der Waals surface area (Å²) in [5.41, 5.74) is 0.463. The maximum Gasteiger partial charge on any atom is 0.230 e. The minimum atomic E-state index is -3.07. The summed E-state index contributed by atoms with van der Waals surface area (Å²) in [7, 11) is -1.51. The Bertz CT molecular complexity index is 718. The predicted octanol–water partition coefficient (Wildman–Crippen LogP) is 1.49. The summed E-state index contributed by atoms with van der Waals surface area (Å²) in [6.45, 7) is 8.55. The standard InChI is InChI=1S/C17H28N2O5S/c1-12-14(24-16(18-12)17(2,3)4)10-15(20)19(7-8-23-5)13-6-9-25(21,22)11-13/h13H,6-11H2,1-5H3. The fourth-order valence-electron chi connectivity index (χ4n) is 2.87. The van der Waals surface area contributed by atoms with Gasteiger partial charge in [0.1, 0.15) is 5.76 Å². The van der Waals surface area contributed by atoms with Gasteiger partial charge in [-0.2, -0.15) is 0 Å². The minimum Gasteiger partial charge on any atom is -0.444 e. The van der Waals surface area contributed by atoms with Crippen molar-refractivity contribution in [3.8, 4) is 0 Å². The van der Waals surface area contributed by atoms with Crippen LogP contribution in [-0.4, -0.2) is 62.0 Å². The summed E-state index contributed by atoms with van der Waals surface area (Å²) in [4.78, 5) is 18.9. The molecule has 0 saturated carbocycles. The highest BCUT2D eigenvalue weighted by atomic mass is 32.2. The molecular formula is C17H28N2O5S. The zero-order valence-electron chi connectivity index (χ0n) is 15.7. The molecule has 0 N–H and O–H groups in total. The van der Waals surface area contributed by atoms with E-state index in [1.54, 1.807) is 12.0 Å². The second kappa shape index (κ2) is 7.45. The van der Waals surface area contributed by atoms with Gasteiger partial charge in [0.25, 0.3) is 0 Å². The van der Waals surface area contributed by atoms with Crippen LogP contribution in [0.4, 0.5) is 0 Å². The molecule has 1 aromatic rings. The van der Waals surface area contributed by atoms with Crippen molar-refractivity contribution in [2.75, 3.05) is 31.8 Å². The Morgan fingerprint density at radius 1 is 1.40 bits per heavy atom. The number of carbonyl (C=O) groups excluding carboxylic acids is 1. The van der Waals surface area contributed by atoms with Crippen LogP contribution < -0.4 is 0 Å². The molecular weight excluding hydrogens is 344 g/mol. The van der Waals surface area contributed by atoms with Crippen molar-refractivity contribution in [2.24, 2.45) is 0 Å². The Labute approximate surface area is 149 Å². The summed E-state index contributed by atoms with van der Waals surface area (Å²) in [5.74, 6) is 1.13. The number of hydrogen-bond acceptors (Lipinski definition) is 6. The lowest BCUT2D eigenvalue weighted by atomic mass is 9.97. The molecule has 1 aromatic heterocycles. The molecule has 1 fully saturated rings. The van der Waals surface area contributed by atoms with Gasteiger partial charge in [-0.3, -0.25) is 4.79 Å². The third kappa shape index (κ3) is 5.04. The lowest BCUT2D eigenvalue weighted by Crippen LogP contribution is -2.43. The van der Waals surface area contributed by atoms with E-state index in [0.717, 1.165) is 0 Å². The summed E-state index contributed by atoms with van der Waals surface area (Å²) >= 11 is 0. The number of ether oxygens (including phenoxy) is 1. The zero-order valence-corrected chi connectivity index (χ0v) is 16.5. The fraction of sp³-hybridized carbons (Fsp3) is 0.765. The van der Waals surface area contributed by atoms with Crippen LogP contribution in [0.5, 0.6) is 0 Å². The topological polar surface area (TPSA) is 89.7 Å². The van der Waals surface area contributed by atoms with E-state index in [0.29, 0.717) is 36.9 Å². The van der Waals surface area contributed by atoms with Gasteiger partial charge in [0.15, 0.2) is 15.7 Å². The molecule has 1 saturated heterocycles. The van der Waals surface area contributed by atoms with E-state index in [1.807, 2.05) is 27.7 Å². The van der Waals surface area contributed by atoms with Crippen molar-refractivity contribution < 1.29 is 22.4 Å². The fourth-order valence-corrected chi connectivity index (χ4v) is 4.60. The average Bonchev–Trinajstić information content (AvgIpc) is 3.02. The third-order valence-corrected chi connectivity index (χ3v) is 6.10. The van der Waals surface area contributed by atoms with Gasteiger partial charge >= 0.3 is 0 Å². The summed E-state index contributed by atoms with van der Waals surface area (Å²) in [6.07, 6.45) is 0.551. The highest BCUT2D eigenvalue weighted by Gasteiger charge is 2.35. The van der Waals surface area contributed by atoms with Crippen molar-refractivity contribution in [2.45, 2.75) is 52.0 Å². The van der Waals surface area contributed by atoms with E-state index < -0.39 is 9.84 Å². The average molecular weight is 372 g/mol. The predicted molar refractivity (Wildman–Crippen MR) is 94.3 cm³/mol. The number of oxazole rings is 1. The lowest BCUT2D eigenvalue weighted by Gasteiger charge is -2.27. The van der Waals surface area contributed by atoms with Gasteiger partial charge in [0.05, 0.1) is 30.2 Å². The molecule has 1 unspecified atom stereocenters. The first kappa shape index (κ1) is 19.9. The Morgan fingerprint density at radius 2 is 2.08 bits per heavy atom. The second-order valence-corrected chi connectivity index (χ2v) is 9.82. The second-order valence-electron chi connectivity index (χ2n) is 7.59. The molecule has 0 bridgehead atoms. The van der Waals surface area contributed by atoms with Gasteiger partial charge in [-0.15, -0.1) is 0 Å². The number of hydrogen-bond donors (Lipinski definition) is 0. The number of methoxy groups -OCH3 is 1. The number of amides is 1. The van der Waals surface area contributed by atoms with Crippen molar-refractivity contribution in [3.63, 3.8) is 0 Å². The molecule has 2 rings (SSSR count). The minimum absolute atomic E-state index is 0.0189. The van der Waals surface area contributed by atoms with Crippen LogP contribution in [0, 0.1) is 6.92 Å². The van der Waals surface area contributed by atoms with E-state index in [2.05, 4.69) is 4.98 Å². The van der Waals surface area contributed by atoms with Gasteiger partial charge in [-0.25, -0.2) is 13.4 Å². The van der Waals surface area contributed by atoms with E-state index in [4.69, 9.17) is 9.15 Å². The Balaban J connectivity index is 2.16. The lowest BCUT2D eigenvalue weighted by molar-refractivity contribution is -0.133. The largest absolute Gasteiger partial charge is 0.444 e. The molecule has 1 aliphatic rings. The van der Waals surface area contributed by atoms with Gasteiger partial charge < -0.3 is 14.1 Å². The van der Waals surface area contributed by atoms with Crippen LogP contribution in [0.2, 0.25) is 0 Å². The van der Waals surface area contributed by atoms with Crippen molar-refractivity contribution in [3.05, 3.63) is 17.3 Å². The number of aromatic nitrogens is 1. The molecule has 7 nitrogen and oxygen atoms in total. The molecule has 1 atom stereocenters. The SMILES string of the molecule is COCCN(C(=O)Cc1oc(C(C)(C)C)nc1C)C1CCS(=O)(=O)C1. The van der Waals surface area contributed by atoms with Crippen LogP contribution in [0.1, 0.15) is 44.5 Å². The van der Waals surface area contributed by atoms with Crippen molar-refractivity contribution >= 4 is 15.7 Å². The Morgan fingerprint density at radius 3 is 2.56 bits per heavy atom. The molecule has 142 valence electrons. The smallest absolute Gasteiger partial charge is 0.230 e. The third-order valence-electron chi connectivity index (χ3n) is 4.35. The van der Waals surface area contributed by atoms with Crippen molar-refractivity contribution in [1.82, 2.24) is 9.88 Å². The number of carbonyl (C=O) groups is 1. The van der Waals surface area contributed by atoms with Gasteiger partial charge in [-0.05, 0) is 13.3 Å². The molecule has 25 heavy (non-hydrogen) atoms. The Hall–Kier alpha value is -1.41. The first-order chi connectivity index (χ1) is 11.5. The molecule has 0 radical (unpaired) electrons. The quantitative estimate of drug-likeness (QED) is 0.751. The van der Waals surface area contributed by atoms with Crippen molar-refractivity contribution in [1.29, 1.82) is 0 Å². The first-order valence-electron chi connectivity index (χ1n) is 8.49. The summed E-state index contributed by atoms with van der Waals surface area (Å²) in [5, 5.41) is 0. The maximum atomic E-state index is 12.8. The number of aryl methyl sites for hydroxylation is 1. The van der Waals surface area contributed by atoms with E-state index in [9.17, 15) is 13.2 Å². The molecule has 1 amide bonds. The number of rotatable bonds is 6. The number of sulfone groups is 1. The molecule has 0 aromatic carbocycles. The molecule has 8 heteroatoms.